The van der Waals surface area contributed by atoms with Gasteiger partial charge < -0.3 is 10.0 Å². The Kier molecular flexibility index (Phi) is 2.95. The van der Waals surface area contributed by atoms with Gasteiger partial charge in [-0.3, -0.25) is 0 Å². The Labute approximate surface area is 93.5 Å². The summed E-state index contributed by atoms with van der Waals surface area (Å²) in [7, 11) is 1.86. The normalized spacial score (nSPS) is 27.0. The fourth-order valence-electron chi connectivity index (χ4n) is 2.32. The molecule has 1 fully saturated rings. The van der Waals surface area contributed by atoms with E-state index < -0.39 is 17.2 Å². The van der Waals surface area contributed by atoms with Crippen molar-refractivity contribution in [2.24, 2.45) is 0 Å². The number of nitrogens with zero attached hydrogens (tertiary/aromatic N) is 1. The summed E-state index contributed by atoms with van der Waals surface area (Å²) in [6, 6.07) is 3.22. The Bertz CT molecular complexity index is 397. The predicted molar refractivity (Wildman–Crippen MR) is 57.0 cm³/mol. The van der Waals surface area contributed by atoms with Crippen LogP contribution in [0.25, 0.3) is 0 Å². The molecular weight excluding hydrogens is 212 g/mol. The smallest absolute Gasteiger partial charge is 0.129 e. The van der Waals surface area contributed by atoms with E-state index in [-0.39, 0.29) is 5.56 Å². The zero-order valence-corrected chi connectivity index (χ0v) is 9.21. The molecular formula is C12H15F2NO. The minimum Gasteiger partial charge on any atom is -0.384 e. The maximum absolute atomic E-state index is 13.6. The first-order valence-electron chi connectivity index (χ1n) is 5.38. The molecule has 88 valence electrons. The maximum atomic E-state index is 13.6. The highest BCUT2D eigenvalue weighted by atomic mass is 19.1. The molecule has 4 heteroatoms. The fraction of sp³-hybridized carbons (Fsp3) is 0.500. The van der Waals surface area contributed by atoms with Gasteiger partial charge in [0.2, 0.25) is 0 Å². The van der Waals surface area contributed by atoms with Gasteiger partial charge in [0, 0.05) is 12.1 Å². The number of piperidine rings is 1. The Morgan fingerprint density at radius 1 is 1.38 bits per heavy atom. The van der Waals surface area contributed by atoms with Gasteiger partial charge in [-0.25, -0.2) is 8.78 Å². The van der Waals surface area contributed by atoms with Gasteiger partial charge in [0.25, 0.3) is 0 Å². The van der Waals surface area contributed by atoms with E-state index in [2.05, 4.69) is 0 Å². The number of aliphatic hydroxyl groups is 1. The van der Waals surface area contributed by atoms with E-state index in [1.165, 1.54) is 0 Å². The summed E-state index contributed by atoms with van der Waals surface area (Å²) in [5.41, 5.74) is -1.20. The van der Waals surface area contributed by atoms with E-state index >= 15 is 0 Å². The van der Waals surface area contributed by atoms with Crippen LogP contribution in [0.2, 0.25) is 0 Å². The van der Waals surface area contributed by atoms with E-state index in [4.69, 9.17) is 0 Å². The molecule has 0 radical (unpaired) electrons. The van der Waals surface area contributed by atoms with E-state index in [9.17, 15) is 13.9 Å². The molecule has 1 aromatic carbocycles. The van der Waals surface area contributed by atoms with Gasteiger partial charge in [-0.05, 0) is 44.6 Å². The lowest BCUT2D eigenvalue weighted by atomic mass is 9.85. The summed E-state index contributed by atoms with van der Waals surface area (Å²) in [5, 5.41) is 10.4. The molecule has 1 unspecified atom stereocenters. The number of benzene rings is 1. The second-order valence-corrected chi connectivity index (χ2v) is 4.50. The van der Waals surface area contributed by atoms with E-state index in [0.29, 0.717) is 13.0 Å². The fourth-order valence-corrected chi connectivity index (χ4v) is 2.32. The molecule has 1 aromatic rings. The molecule has 16 heavy (non-hydrogen) atoms. The molecule has 1 N–H and O–H groups in total. The van der Waals surface area contributed by atoms with Crippen LogP contribution in [0.5, 0.6) is 0 Å². The lowest BCUT2D eigenvalue weighted by molar-refractivity contribution is -0.0305. The van der Waals surface area contributed by atoms with Crippen LogP contribution in [0.3, 0.4) is 0 Å². The third-order valence-corrected chi connectivity index (χ3v) is 3.09. The SMILES string of the molecule is CN1CCCC(O)(c2cc(F)ccc2F)C1. The monoisotopic (exact) mass is 227 g/mol. The maximum Gasteiger partial charge on any atom is 0.129 e. The van der Waals surface area contributed by atoms with Gasteiger partial charge >= 0.3 is 0 Å². The van der Waals surface area contributed by atoms with Crippen molar-refractivity contribution in [3.8, 4) is 0 Å². The zero-order chi connectivity index (χ0) is 11.8. The van der Waals surface area contributed by atoms with Gasteiger partial charge in [-0.15, -0.1) is 0 Å². The van der Waals surface area contributed by atoms with Crippen LogP contribution in [-0.2, 0) is 5.60 Å². The number of likely N-dealkylation sites (N-methyl/N-ethyl adjacent to an activating group) is 1. The molecule has 0 aliphatic carbocycles. The zero-order valence-electron chi connectivity index (χ0n) is 9.21. The van der Waals surface area contributed by atoms with Crippen molar-refractivity contribution >= 4 is 0 Å². The third-order valence-electron chi connectivity index (χ3n) is 3.09. The summed E-state index contributed by atoms with van der Waals surface area (Å²) in [6.07, 6.45) is 1.25. The lowest BCUT2D eigenvalue weighted by Crippen LogP contribution is -2.44. The van der Waals surface area contributed by atoms with Crippen LogP contribution < -0.4 is 0 Å². The topological polar surface area (TPSA) is 23.5 Å². The average molecular weight is 227 g/mol. The van der Waals surface area contributed by atoms with Crippen LogP contribution in [0.15, 0.2) is 18.2 Å². The van der Waals surface area contributed by atoms with Crippen molar-refractivity contribution in [2.45, 2.75) is 18.4 Å². The number of halogens is 2. The van der Waals surface area contributed by atoms with Gasteiger partial charge in [-0.1, -0.05) is 0 Å². The van der Waals surface area contributed by atoms with Crippen molar-refractivity contribution < 1.29 is 13.9 Å². The van der Waals surface area contributed by atoms with Crippen LogP contribution in [0, 0.1) is 11.6 Å². The molecule has 0 amide bonds. The first-order valence-corrected chi connectivity index (χ1v) is 5.38. The first kappa shape index (κ1) is 11.5. The molecule has 0 bridgehead atoms. The Morgan fingerprint density at radius 2 is 2.12 bits per heavy atom. The molecule has 1 atom stereocenters. The highest BCUT2D eigenvalue weighted by Crippen LogP contribution is 2.32. The summed E-state index contributed by atoms with van der Waals surface area (Å²) >= 11 is 0. The number of β-amino-alcohol motifs (C(OH)–C–C–N with tert-alkyl or cyclic N) is 1. The van der Waals surface area contributed by atoms with Crippen molar-refractivity contribution in [1.29, 1.82) is 0 Å². The van der Waals surface area contributed by atoms with Crippen LogP contribution in [0.1, 0.15) is 18.4 Å². The molecule has 1 aliphatic heterocycles. The molecule has 1 saturated heterocycles. The van der Waals surface area contributed by atoms with E-state index in [0.717, 1.165) is 31.2 Å². The predicted octanol–water partition coefficient (Wildman–Crippen LogP) is 1.88. The summed E-state index contributed by atoms with van der Waals surface area (Å²) in [6.45, 7) is 1.21. The first-order chi connectivity index (χ1) is 7.51. The van der Waals surface area contributed by atoms with Crippen LogP contribution >= 0.6 is 0 Å². The minimum absolute atomic E-state index is 0.0686. The minimum atomic E-state index is -1.26. The molecule has 1 aliphatic rings. The van der Waals surface area contributed by atoms with E-state index in [1.54, 1.807) is 0 Å². The summed E-state index contributed by atoms with van der Waals surface area (Å²) in [5.74, 6) is -1.06. The number of likely N-dealkylation sites (tertiary alicyclic amines) is 1. The number of rotatable bonds is 1. The van der Waals surface area contributed by atoms with Crippen molar-refractivity contribution in [1.82, 2.24) is 4.90 Å². The van der Waals surface area contributed by atoms with Crippen molar-refractivity contribution in [2.75, 3.05) is 20.1 Å². The Morgan fingerprint density at radius 3 is 2.81 bits per heavy atom. The Balaban J connectivity index is 2.37. The molecule has 2 nitrogen and oxygen atoms in total. The number of hydrogen-bond donors (Lipinski definition) is 1. The molecule has 0 aromatic heterocycles. The van der Waals surface area contributed by atoms with Crippen molar-refractivity contribution in [3.63, 3.8) is 0 Å². The van der Waals surface area contributed by atoms with Crippen LogP contribution in [-0.4, -0.2) is 30.1 Å². The van der Waals surface area contributed by atoms with Gasteiger partial charge in [0.1, 0.15) is 17.2 Å². The second kappa shape index (κ2) is 4.11. The largest absolute Gasteiger partial charge is 0.384 e. The molecule has 1 heterocycles. The summed E-state index contributed by atoms with van der Waals surface area (Å²) < 4.78 is 26.7. The molecule has 0 spiro atoms. The standard InChI is InChI=1S/C12H15F2NO/c1-15-6-2-5-12(16,8-15)10-7-9(13)3-4-11(10)14/h3-4,7,16H,2,5-6,8H2,1H3. The molecule has 2 rings (SSSR count). The Hall–Kier alpha value is -1.00. The van der Waals surface area contributed by atoms with Gasteiger partial charge in [0.05, 0.1) is 0 Å². The van der Waals surface area contributed by atoms with Crippen molar-refractivity contribution in [3.05, 3.63) is 35.4 Å². The van der Waals surface area contributed by atoms with Gasteiger partial charge in [0.15, 0.2) is 0 Å². The highest BCUT2D eigenvalue weighted by Gasteiger charge is 2.36. The summed E-state index contributed by atoms with van der Waals surface area (Å²) in [4.78, 5) is 1.92. The van der Waals surface area contributed by atoms with Gasteiger partial charge in [-0.2, -0.15) is 0 Å². The van der Waals surface area contributed by atoms with E-state index in [1.807, 2.05) is 11.9 Å². The van der Waals surface area contributed by atoms with Crippen LogP contribution in [0.4, 0.5) is 8.78 Å². The third kappa shape index (κ3) is 2.08. The lowest BCUT2D eigenvalue weighted by Gasteiger charge is -2.37. The molecule has 0 saturated carbocycles. The number of hydrogen-bond acceptors (Lipinski definition) is 2. The highest BCUT2D eigenvalue weighted by molar-refractivity contribution is 5.26. The quantitative estimate of drug-likeness (QED) is 0.791. The second-order valence-electron chi connectivity index (χ2n) is 4.50. The average Bonchev–Trinajstić information content (AvgIpc) is 2.21.